The van der Waals surface area contributed by atoms with Crippen molar-refractivity contribution < 1.29 is 14.7 Å². The molecule has 1 heterocycles. The Morgan fingerprint density at radius 2 is 1.33 bits per heavy atom. The number of alkyl halides is 6. The van der Waals surface area contributed by atoms with E-state index in [0.717, 1.165) is 0 Å². The van der Waals surface area contributed by atoms with Crippen molar-refractivity contribution in [2.45, 2.75) is 38.0 Å². The predicted octanol–water partition coefficient (Wildman–Crippen LogP) is 4.58. The van der Waals surface area contributed by atoms with Crippen LogP contribution in [0.4, 0.5) is 0 Å². The van der Waals surface area contributed by atoms with Crippen LogP contribution < -0.4 is 0 Å². The van der Waals surface area contributed by atoms with Gasteiger partial charge in [0.25, 0.3) is 0 Å². The molecule has 0 aromatic carbocycles. The van der Waals surface area contributed by atoms with E-state index >= 15 is 0 Å². The van der Waals surface area contributed by atoms with Crippen LogP contribution in [0, 0.1) is 23.7 Å². The minimum absolute atomic E-state index is 0.176. The van der Waals surface area contributed by atoms with Crippen molar-refractivity contribution in [1.29, 1.82) is 0 Å². The van der Waals surface area contributed by atoms with E-state index in [1.165, 1.54) is 0 Å². The van der Waals surface area contributed by atoms with E-state index in [0.29, 0.717) is 4.90 Å². The molecule has 2 bridgehead atoms. The molecule has 7 atom stereocenters. The second kappa shape index (κ2) is 6.34. The first-order valence-corrected chi connectivity index (χ1v) is 11.1. The van der Waals surface area contributed by atoms with E-state index in [9.17, 15) is 14.7 Å². The highest BCUT2D eigenvalue weighted by molar-refractivity contribution is 6.68. The van der Waals surface area contributed by atoms with Gasteiger partial charge < -0.3 is 5.11 Å². The topological polar surface area (TPSA) is 57.6 Å². The molecule has 0 spiro atoms. The van der Waals surface area contributed by atoms with E-state index in [-0.39, 0.29) is 34.7 Å². The number of fused-ring (bicyclic) bond motifs is 6. The molecule has 1 saturated heterocycles. The molecule has 7 unspecified atom stereocenters. The zero-order chi connectivity index (χ0) is 20.3. The van der Waals surface area contributed by atoms with Gasteiger partial charge in [0.2, 0.25) is 15.6 Å². The number of rotatable bonds is 1. The van der Waals surface area contributed by atoms with Crippen molar-refractivity contribution in [1.82, 2.24) is 4.90 Å². The van der Waals surface area contributed by atoms with Crippen molar-refractivity contribution in [2.24, 2.45) is 23.7 Å². The van der Waals surface area contributed by atoms with Crippen molar-refractivity contribution in [3.8, 4) is 0 Å². The fourth-order valence-corrected chi connectivity index (χ4v) is 8.02. The Bertz CT molecular complexity index is 732. The maximum absolute atomic E-state index is 12.8. The van der Waals surface area contributed by atoms with Gasteiger partial charge in [0.1, 0.15) is 9.75 Å². The smallest absolute Gasteiger partial charge is 0.235 e. The maximum atomic E-state index is 12.8. The average molecular weight is 537 g/mol. The van der Waals surface area contributed by atoms with Crippen LogP contribution >= 0.6 is 92.8 Å². The summed E-state index contributed by atoms with van der Waals surface area (Å²) >= 11 is 49.8. The van der Waals surface area contributed by atoms with Gasteiger partial charge in [-0.05, 0) is 24.7 Å². The predicted molar refractivity (Wildman–Crippen MR) is 107 cm³/mol. The van der Waals surface area contributed by atoms with Gasteiger partial charge in [0.15, 0.2) is 6.23 Å². The van der Waals surface area contributed by atoms with Gasteiger partial charge in [0.05, 0.1) is 27.3 Å². The normalized spacial score (nSPS) is 47.6. The van der Waals surface area contributed by atoms with Crippen LogP contribution in [0.3, 0.4) is 0 Å². The Kier molecular flexibility index (Phi) is 5.02. The maximum Gasteiger partial charge on any atom is 0.235 e. The first kappa shape index (κ1) is 21.4. The largest absolute Gasteiger partial charge is 0.369 e. The Balaban J connectivity index is 1.72. The molecule has 1 N–H and O–H groups in total. The molecule has 27 heavy (non-hydrogen) atoms. The molecule has 0 radical (unpaired) electrons. The summed E-state index contributed by atoms with van der Waals surface area (Å²) in [6.07, 6.45) is -1.47. The highest BCUT2D eigenvalue weighted by atomic mass is 35.6. The lowest BCUT2D eigenvalue weighted by Gasteiger charge is -2.43. The number of likely N-dealkylation sites (tertiary alicyclic amines) is 1. The lowest BCUT2D eigenvalue weighted by atomic mass is 9.65. The van der Waals surface area contributed by atoms with Crippen LogP contribution in [0.1, 0.15) is 12.8 Å². The van der Waals surface area contributed by atoms with Crippen LogP contribution in [0.2, 0.25) is 0 Å². The molecule has 1 aliphatic heterocycles. The number of allylic oxidation sites excluding steroid dienone is 2. The Morgan fingerprint density at radius 3 is 1.67 bits per heavy atom. The molecule has 150 valence electrons. The molecule has 4 aliphatic rings. The van der Waals surface area contributed by atoms with E-state index in [2.05, 4.69) is 0 Å². The highest BCUT2D eigenvalue weighted by Crippen LogP contribution is 2.73. The summed E-state index contributed by atoms with van der Waals surface area (Å²) in [6, 6.07) is 0. The van der Waals surface area contributed by atoms with Crippen LogP contribution in [0.15, 0.2) is 10.1 Å². The van der Waals surface area contributed by atoms with Gasteiger partial charge in [-0.1, -0.05) is 58.0 Å². The van der Waals surface area contributed by atoms with E-state index in [4.69, 9.17) is 92.8 Å². The summed E-state index contributed by atoms with van der Waals surface area (Å²) in [5.41, 5.74) is 0. The average Bonchev–Trinajstić information content (AvgIpc) is 2.99. The minimum Gasteiger partial charge on any atom is -0.369 e. The number of aliphatic hydroxyl groups excluding tert-OH is 1. The van der Waals surface area contributed by atoms with Gasteiger partial charge in [-0.25, -0.2) is 0 Å². The Hall–Kier alpha value is 1.16. The van der Waals surface area contributed by atoms with Crippen LogP contribution in [0.25, 0.3) is 0 Å². The lowest BCUT2D eigenvalue weighted by Crippen LogP contribution is -2.48. The number of hydrogen-bond acceptors (Lipinski definition) is 3. The minimum atomic E-state index is -2.23. The van der Waals surface area contributed by atoms with Gasteiger partial charge in [-0.2, -0.15) is 0 Å². The first-order valence-electron chi connectivity index (χ1n) is 7.98. The van der Waals surface area contributed by atoms with Gasteiger partial charge >= 0.3 is 0 Å². The van der Waals surface area contributed by atoms with Gasteiger partial charge in [-0.15, -0.1) is 34.8 Å². The molecule has 0 aromatic heterocycles. The fourth-order valence-electron chi connectivity index (χ4n) is 5.10. The van der Waals surface area contributed by atoms with E-state index in [1.807, 2.05) is 0 Å². The quantitative estimate of drug-likeness (QED) is 0.394. The molecule has 3 aliphatic carbocycles. The second-order valence-corrected chi connectivity index (χ2v) is 12.2. The molecular formula is C15H11Cl8NO3. The van der Waals surface area contributed by atoms with Crippen LogP contribution in [-0.2, 0) is 9.59 Å². The van der Waals surface area contributed by atoms with Crippen molar-refractivity contribution in [3.05, 3.63) is 10.1 Å². The molecule has 4 nitrogen and oxygen atoms in total. The fraction of sp³-hybridized carbons (Fsp3) is 0.733. The van der Waals surface area contributed by atoms with Crippen molar-refractivity contribution in [2.75, 3.05) is 0 Å². The SMILES string of the molecule is O=C1C2CC3C(CC2C(=O)N1C(O)C(Cl)(Cl)Cl)C1(Cl)C(Cl)=C(Cl)C3(Cl)C1Cl. The summed E-state index contributed by atoms with van der Waals surface area (Å²) < 4.78 is -2.23. The standard InChI is InChI=1S/C15H11Cl8NO3/c16-7-8(17)14(20)6-2-4-3(1-5(6)13(7,19)11(14)18)9(25)24(10(4)26)12(27)15(21,22)23/h3-6,11-12,27H,1-2H2. The number of carbonyl (C=O) groups is 2. The lowest BCUT2D eigenvalue weighted by molar-refractivity contribution is -0.150. The summed E-state index contributed by atoms with van der Waals surface area (Å²) in [5.74, 6) is -3.43. The van der Waals surface area contributed by atoms with Crippen LogP contribution in [0.5, 0.6) is 0 Å². The summed E-state index contributed by atoms with van der Waals surface area (Å²) in [5, 5.41) is 9.76. The molecular weight excluding hydrogens is 526 g/mol. The monoisotopic (exact) mass is 533 g/mol. The van der Waals surface area contributed by atoms with E-state index in [1.54, 1.807) is 0 Å². The number of hydrogen-bond donors (Lipinski definition) is 1. The summed E-state index contributed by atoms with van der Waals surface area (Å²) in [7, 11) is 0. The molecule has 3 fully saturated rings. The number of aliphatic hydroxyl groups is 1. The Morgan fingerprint density at radius 1 is 0.963 bits per heavy atom. The highest BCUT2D eigenvalue weighted by Gasteiger charge is 2.76. The number of carbonyl (C=O) groups excluding carboxylic acids is 2. The number of amides is 2. The number of halogens is 8. The van der Waals surface area contributed by atoms with Gasteiger partial charge in [-0.3, -0.25) is 14.5 Å². The zero-order valence-electron chi connectivity index (χ0n) is 13.1. The molecule has 12 heteroatoms. The first-order chi connectivity index (χ1) is 12.3. The van der Waals surface area contributed by atoms with Crippen LogP contribution in [-0.4, -0.2) is 47.0 Å². The molecule has 2 saturated carbocycles. The summed E-state index contributed by atoms with van der Waals surface area (Å²) in [4.78, 5) is 23.8. The van der Waals surface area contributed by atoms with Crippen molar-refractivity contribution in [3.63, 3.8) is 0 Å². The third-order valence-corrected chi connectivity index (χ3v) is 10.5. The number of imide groups is 1. The second-order valence-electron chi connectivity index (χ2n) is 7.39. The molecule has 4 rings (SSSR count). The number of nitrogens with zero attached hydrogens (tertiary/aromatic N) is 1. The van der Waals surface area contributed by atoms with E-state index < -0.39 is 48.8 Å². The third kappa shape index (κ3) is 2.49. The Labute approximate surface area is 194 Å². The molecule has 2 amide bonds. The van der Waals surface area contributed by atoms with Gasteiger partial charge in [0, 0.05) is 0 Å². The third-order valence-electron chi connectivity index (χ3n) is 6.32. The molecule has 0 aromatic rings. The summed E-state index contributed by atoms with van der Waals surface area (Å²) in [6.45, 7) is 0. The van der Waals surface area contributed by atoms with Crippen molar-refractivity contribution >= 4 is 105 Å². The zero-order valence-corrected chi connectivity index (χ0v) is 19.2.